The average molecular weight is 429 g/mol. The molecule has 1 heterocycles. The molecular formula is C24H19N3O5. The first-order chi connectivity index (χ1) is 15.5. The minimum Gasteiger partial charge on any atom is -0.462 e. The van der Waals surface area contributed by atoms with Gasteiger partial charge in [-0.25, -0.2) is 4.79 Å². The average Bonchev–Trinajstić information content (AvgIpc) is 3.13. The number of nitrogens with one attached hydrogen (secondary N) is 2. The fraction of sp³-hybridized carbons (Fsp3) is 0.0833. The number of fused-ring (bicyclic) bond motifs is 1. The fourth-order valence-corrected chi connectivity index (χ4v) is 3.46. The molecule has 32 heavy (non-hydrogen) atoms. The van der Waals surface area contributed by atoms with Crippen LogP contribution in [0.4, 0.5) is 17.1 Å². The number of carbonyl (C=O) groups excluding carboxylic acids is 2. The standard InChI is InChI=1S/C24H19N3O5/c1-2-32-24(29)16-8-13-19-20(14-16)26-23(28)21(19)22(15-6-4-3-5-7-15)25-17-9-11-18(12-10-17)27(30)31/h3-14,25H,2H2,1H3,(H,26,28)/b22-21-. The Morgan fingerprint density at radius 2 is 1.75 bits per heavy atom. The normalized spacial score (nSPS) is 13.7. The van der Waals surface area contributed by atoms with Crippen molar-refractivity contribution in [3.05, 3.63) is 99.6 Å². The quantitative estimate of drug-likeness (QED) is 0.254. The first kappa shape index (κ1) is 20.8. The van der Waals surface area contributed by atoms with Crippen LogP contribution >= 0.6 is 0 Å². The highest BCUT2D eigenvalue weighted by Gasteiger charge is 2.29. The van der Waals surface area contributed by atoms with Crippen molar-refractivity contribution in [1.82, 2.24) is 0 Å². The maximum atomic E-state index is 13.0. The highest BCUT2D eigenvalue weighted by molar-refractivity contribution is 6.37. The van der Waals surface area contributed by atoms with Crippen molar-refractivity contribution in [1.29, 1.82) is 0 Å². The smallest absolute Gasteiger partial charge is 0.338 e. The number of esters is 1. The molecule has 0 aliphatic carbocycles. The number of ether oxygens (including phenoxy) is 1. The third-order valence-electron chi connectivity index (χ3n) is 4.94. The van der Waals surface area contributed by atoms with E-state index in [0.717, 1.165) is 5.56 Å². The number of amides is 1. The molecule has 3 aromatic rings. The summed E-state index contributed by atoms with van der Waals surface area (Å²) in [5.74, 6) is -0.788. The second-order valence-corrected chi connectivity index (χ2v) is 6.98. The van der Waals surface area contributed by atoms with E-state index in [-0.39, 0.29) is 18.2 Å². The third kappa shape index (κ3) is 4.06. The summed E-state index contributed by atoms with van der Waals surface area (Å²) in [5.41, 5.74) is 3.76. The van der Waals surface area contributed by atoms with Crippen LogP contribution in [0.1, 0.15) is 28.4 Å². The maximum absolute atomic E-state index is 13.0. The third-order valence-corrected chi connectivity index (χ3v) is 4.94. The highest BCUT2D eigenvalue weighted by Crippen LogP contribution is 2.38. The van der Waals surface area contributed by atoms with Crippen molar-refractivity contribution in [2.45, 2.75) is 6.92 Å². The van der Waals surface area contributed by atoms with Gasteiger partial charge in [-0.05, 0) is 36.8 Å². The second-order valence-electron chi connectivity index (χ2n) is 6.98. The minimum absolute atomic E-state index is 0.0279. The molecule has 0 saturated carbocycles. The summed E-state index contributed by atoms with van der Waals surface area (Å²) >= 11 is 0. The zero-order valence-corrected chi connectivity index (χ0v) is 17.1. The van der Waals surface area contributed by atoms with E-state index in [2.05, 4.69) is 10.6 Å². The van der Waals surface area contributed by atoms with E-state index in [1.54, 1.807) is 37.3 Å². The van der Waals surface area contributed by atoms with Gasteiger partial charge in [-0.3, -0.25) is 14.9 Å². The van der Waals surface area contributed by atoms with Crippen LogP contribution in [0.25, 0.3) is 11.3 Å². The number of rotatable bonds is 6. The van der Waals surface area contributed by atoms with Crippen LogP contribution < -0.4 is 10.6 Å². The molecule has 4 rings (SSSR count). The van der Waals surface area contributed by atoms with Crippen molar-refractivity contribution >= 4 is 40.2 Å². The molecule has 0 unspecified atom stereocenters. The van der Waals surface area contributed by atoms with Crippen LogP contribution in [-0.2, 0) is 9.53 Å². The Kier molecular flexibility index (Phi) is 5.67. The summed E-state index contributed by atoms with van der Waals surface area (Å²) in [5, 5.41) is 17.0. The summed E-state index contributed by atoms with van der Waals surface area (Å²) in [6.45, 7) is 1.98. The van der Waals surface area contributed by atoms with Crippen molar-refractivity contribution in [3.63, 3.8) is 0 Å². The molecule has 0 bridgehead atoms. The number of hydrogen-bond donors (Lipinski definition) is 2. The van der Waals surface area contributed by atoms with E-state index in [1.807, 2.05) is 30.3 Å². The largest absolute Gasteiger partial charge is 0.462 e. The van der Waals surface area contributed by atoms with E-state index in [9.17, 15) is 19.7 Å². The Morgan fingerprint density at radius 1 is 1.03 bits per heavy atom. The zero-order valence-electron chi connectivity index (χ0n) is 17.1. The van der Waals surface area contributed by atoms with Crippen LogP contribution in [0.2, 0.25) is 0 Å². The van der Waals surface area contributed by atoms with E-state index in [0.29, 0.717) is 33.8 Å². The lowest BCUT2D eigenvalue weighted by Gasteiger charge is -2.14. The zero-order chi connectivity index (χ0) is 22.7. The summed E-state index contributed by atoms with van der Waals surface area (Å²) in [6.07, 6.45) is 0. The number of non-ortho nitro benzene ring substituents is 1. The molecule has 8 heteroatoms. The lowest BCUT2D eigenvalue weighted by Crippen LogP contribution is -2.10. The molecule has 8 nitrogen and oxygen atoms in total. The van der Waals surface area contributed by atoms with Gasteiger partial charge in [0, 0.05) is 23.4 Å². The Morgan fingerprint density at radius 3 is 2.41 bits per heavy atom. The highest BCUT2D eigenvalue weighted by atomic mass is 16.6. The molecule has 1 amide bonds. The van der Waals surface area contributed by atoms with Crippen LogP contribution in [0.3, 0.4) is 0 Å². The summed E-state index contributed by atoms with van der Waals surface area (Å²) < 4.78 is 5.04. The Labute approximate surface area is 183 Å². The Hall–Kier alpha value is -4.46. The van der Waals surface area contributed by atoms with Crippen LogP contribution in [-0.4, -0.2) is 23.4 Å². The lowest BCUT2D eigenvalue weighted by molar-refractivity contribution is -0.384. The molecule has 0 radical (unpaired) electrons. The van der Waals surface area contributed by atoms with Gasteiger partial charge in [-0.2, -0.15) is 0 Å². The lowest BCUT2D eigenvalue weighted by atomic mass is 9.99. The molecule has 0 atom stereocenters. The minimum atomic E-state index is -0.470. The number of carbonyl (C=O) groups is 2. The topological polar surface area (TPSA) is 111 Å². The summed E-state index contributed by atoms with van der Waals surface area (Å²) in [7, 11) is 0. The predicted octanol–water partition coefficient (Wildman–Crippen LogP) is 4.70. The Bertz CT molecular complexity index is 1230. The molecule has 0 saturated heterocycles. The molecular weight excluding hydrogens is 410 g/mol. The number of nitrogens with zero attached hydrogens (tertiary/aromatic N) is 1. The van der Waals surface area contributed by atoms with E-state index in [4.69, 9.17) is 4.74 Å². The van der Waals surface area contributed by atoms with Gasteiger partial charge in [-0.1, -0.05) is 36.4 Å². The van der Waals surface area contributed by atoms with Crippen LogP contribution in [0.5, 0.6) is 0 Å². The molecule has 1 aliphatic heterocycles. The van der Waals surface area contributed by atoms with E-state index < -0.39 is 10.9 Å². The number of anilines is 2. The van der Waals surface area contributed by atoms with Crippen molar-refractivity contribution < 1.29 is 19.2 Å². The van der Waals surface area contributed by atoms with Gasteiger partial charge in [0.1, 0.15) is 0 Å². The van der Waals surface area contributed by atoms with Gasteiger partial charge in [-0.15, -0.1) is 0 Å². The SMILES string of the molecule is CCOC(=O)c1ccc2c(c1)NC(=O)/C2=C(\Nc1ccc([N+](=O)[O-])cc1)c1ccccc1. The monoisotopic (exact) mass is 429 g/mol. The Balaban J connectivity index is 1.80. The van der Waals surface area contributed by atoms with Gasteiger partial charge >= 0.3 is 5.97 Å². The number of nitro benzene ring substituents is 1. The second kappa shape index (κ2) is 8.73. The van der Waals surface area contributed by atoms with Gasteiger partial charge in [0.15, 0.2) is 0 Å². The number of benzene rings is 3. The fourth-order valence-electron chi connectivity index (χ4n) is 3.46. The van der Waals surface area contributed by atoms with Gasteiger partial charge in [0.25, 0.3) is 11.6 Å². The first-order valence-electron chi connectivity index (χ1n) is 9.92. The molecule has 0 fully saturated rings. The van der Waals surface area contributed by atoms with Gasteiger partial charge in [0.2, 0.25) is 0 Å². The van der Waals surface area contributed by atoms with E-state index in [1.165, 1.54) is 12.1 Å². The maximum Gasteiger partial charge on any atom is 0.338 e. The van der Waals surface area contributed by atoms with E-state index >= 15 is 0 Å². The number of hydrogen-bond acceptors (Lipinski definition) is 6. The number of nitro groups is 1. The van der Waals surface area contributed by atoms with Crippen LogP contribution in [0.15, 0.2) is 72.8 Å². The molecule has 0 spiro atoms. The van der Waals surface area contributed by atoms with Crippen LogP contribution in [0, 0.1) is 10.1 Å². The molecule has 160 valence electrons. The van der Waals surface area contributed by atoms with Crippen molar-refractivity contribution in [3.8, 4) is 0 Å². The molecule has 3 aromatic carbocycles. The molecule has 2 N–H and O–H groups in total. The summed E-state index contributed by atoms with van der Waals surface area (Å²) in [6, 6.07) is 20.2. The first-order valence-corrected chi connectivity index (χ1v) is 9.92. The molecule has 0 aromatic heterocycles. The summed E-state index contributed by atoms with van der Waals surface area (Å²) in [4.78, 5) is 35.5. The van der Waals surface area contributed by atoms with Gasteiger partial charge < -0.3 is 15.4 Å². The van der Waals surface area contributed by atoms with Gasteiger partial charge in [0.05, 0.1) is 34.1 Å². The predicted molar refractivity (Wildman–Crippen MR) is 121 cm³/mol. The molecule has 1 aliphatic rings. The van der Waals surface area contributed by atoms with Crippen molar-refractivity contribution in [2.75, 3.05) is 17.2 Å². The van der Waals surface area contributed by atoms with Crippen molar-refractivity contribution in [2.24, 2.45) is 0 Å².